The maximum atomic E-state index is 5.95. The van der Waals surface area contributed by atoms with E-state index in [0.717, 1.165) is 4.47 Å². The summed E-state index contributed by atoms with van der Waals surface area (Å²) in [5.74, 6) is 0.595. The molecule has 2 rings (SSSR count). The molecular formula is C10H8BrClS2. The number of fused-ring (bicyclic) bond motifs is 1. The van der Waals surface area contributed by atoms with Crippen LogP contribution >= 0.6 is 50.6 Å². The van der Waals surface area contributed by atoms with Crippen LogP contribution < -0.4 is 0 Å². The summed E-state index contributed by atoms with van der Waals surface area (Å²) < 4.78 is 3.76. The van der Waals surface area contributed by atoms with Crippen LogP contribution in [0.25, 0.3) is 10.1 Å². The molecule has 0 bridgehead atoms. The molecular weight excluding hydrogens is 300 g/mol. The molecule has 0 N–H and O–H groups in total. The van der Waals surface area contributed by atoms with E-state index >= 15 is 0 Å². The first-order valence-corrected chi connectivity index (χ1v) is 7.44. The minimum Gasteiger partial charge on any atom is -0.128 e. The highest BCUT2D eigenvalue weighted by Gasteiger charge is 2.10. The zero-order valence-corrected chi connectivity index (χ0v) is 11.5. The number of thioether (sulfide) groups is 1. The van der Waals surface area contributed by atoms with Crippen molar-refractivity contribution in [3.8, 4) is 0 Å². The Morgan fingerprint density at radius 2 is 2.29 bits per heavy atom. The average Bonchev–Trinajstić information content (AvgIpc) is 2.54. The van der Waals surface area contributed by atoms with Gasteiger partial charge in [0.15, 0.2) is 0 Å². The van der Waals surface area contributed by atoms with Gasteiger partial charge < -0.3 is 0 Å². The molecule has 0 unspecified atom stereocenters. The first-order valence-electron chi connectivity index (χ1n) is 4.07. The van der Waals surface area contributed by atoms with Gasteiger partial charge in [-0.3, -0.25) is 0 Å². The Labute approximate surface area is 105 Å². The SMILES string of the molecule is CSc1sc2cc(Br)ccc2c1CCl. The molecule has 0 fully saturated rings. The summed E-state index contributed by atoms with van der Waals surface area (Å²) >= 11 is 13.0. The van der Waals surface area contributed by atoms with E-state index in [-0.39, 0.29) is 0 Å². The number of hydrogen-bond acceptors (Lipinski definition) is 2. The van der Waals surface area contributed by atoms with Crippen molar-refractivity contribution in [3.63, 3.8) is 0 Å². The largest absolute Gasteiger partial charge is 0.128 e. The second-order valence-corrected chi connectivity index (χ2v) is 6.16. The molecule has 0 aliphatic carbocycles. The zero-order chi connectivity index (χ0) is 10.1. The molecule has 0 amide bonds. The van der Waals surface area contributed by atoms with Gasteiger partial charge >= 0.3 is 0 Å². The number of rotatable bonds is 2. The highest BCUT2D eigenvalue weighted by molar-refractivity contribution is 9.10. The van der Waals surface area contributed by atoms with E-state index < -0.39 is 0 Å². The van der Waals surface area contributed by atoms with Crippen LogP contribution in [0, 0.1) is 0 Å². The topological polar surface area (TPSA) is 0 Å². The second-order valence-electron chi connectivity index (χ2n) is 2.85. The predicted octanol–water partition coefficient (Wildman–Crippen LogP) is 5.12. The van der Waals surface area contributed by atoms with Crippen LogP contribution in [0.2, 0.25) is 0 Å². The lowest BCUT2D eigenvalue weighted by molar-refractivity contribution is 1.39. The Morgan fingerprint density at radius 3 is 2.93 bits per heavy atom. The van der Waals surface area contributed by atoms with Crippen LogP contribution in [0.5, 0.6) is 0 Å². The van der Waals surface area contributed by atoms with Crippen LogP contribution in [-0.4, -0.2) is 6.26 Å². The van der Waals surface area contributed by atoms with Crippen LogP contribution in [0.1, 0.15) is 5.56 Å². The fraction of sp³-hybridized carbons (Fsp3) is 0.200. The lowest BCUT2D eigenvalue weighted by Gasteiger charge is -1.95. The Morgan fingerprint density at radius 1 is 1.50 bits per heavy atom. The molecule has 2 aromatic rings. The summed E-state index contributed by atoms with van der Waals surface area (Å²) in [6.07, 6.45) is 2.09. The van der Waals surface area contributed by atoms with Gasteiger partial charge in [-0.1, -0.05) is 22.0 Å². The van der Waals surface area contributed by atoms with E-state index in [2.05, 4.69) is 40.4 Å². The maximum absolute atomic E-state index is 5.95. The third-order valence-corrected chi connectivity index (χ3v) is 5.15. The Bertz CT molecular complexity index is 464. The molecule has 0 aliphatic rings. The van der Waals surface area contributed by atoms with Gasteiger partial charge in [0.2, 0.25) is 0 Å². The first-order chi connectivity index (χ1) is 6.76. The summed E-state index contributed by atoms with van der Waals surface area (Å²) in [6.45, 7) is 0. The van der Waals surface area contributed by atoms with Crippen molar-refractivity contribution in [2.45, 2.75) is 10.1 Å². The van der Waals surface area contributed by atoms with Crippen LogP contribution in [0.15, 0.2) is 26.9 Å². The van der Waals surface area contributed by atoms with E-state index in [1.54, 1.807) is 11.8 Å². The van der Waals surface area contributed by atoms with Gasteiger partial charge in [0.05, 0.1) is 4.21 Å². The second kappa shape index (κ2) is 4.44. The van der Waals surface area contributed by atoms with E-state index in [1.165, 1.54) is 19.9 Å². The quantitative estimate of drug-likeness (QED) is 0.548. The fourth-order valence-corrected chi connectivity index (χ4v) is 4.36. The fourth-order valence-electron chi connectivity index (χ4n) is 1.39. The van der Waals surface area contributed by atoms with Crippen molar-refractivity contribution in [2.75, 3.05) is 6.26 Å². The van der Waals surface area contributed by atoms with E-state index in [1.807, 2.05) is 11.3 Å². The van der Waals surface area contributed by atoms with Gasteiger partial charge in [-0.25, -0.2) is 0 Å². The molecule has 1 heterocycles. The van der Waals surface area contributed by atoms with Gasteiger partial charge in [-0.15, -0.1) is 34.7 Å². The molecule has 1 aromatic carbocycles. The third-order valence-electron chi connectivity index (χ3n) is 2.04. The molecule has 4 heteroatoms. The van der Waals surface area contributed by atoms with Crippen molar-refractivity contribution in [3.05, 3.63) is 28.2 Å². The zero-order valence-electron chi connectivity index (χ0n) is 7.51. The van der Waals surface area contributed by atoms with E-state index in [9.17, 15) is 0 Å². The van der Waals surface area contributed by atoms with Crippen molar-refractivity contribution >= 4 is 60.7 Å². The molecule has 14 heavy (non-hydrogen) atoms. The molecule has 0 aliphatic heterocycles. The summed E-state index contributed by atoms with van der Waals surface area (Å²) in [6, 6.07) is 6.35. The van der Waals surface area contributed by atoms with Crippen molar-refractivity contribution < 1.29 is 0 Å². The molecule has 0 atom stereocenters. The van der Waals surface area contributed by atoms with Crippen molar-refractivity contribution in [1.29, 1.82) is 0 Å². The smallest absolute Gasteiger partial charge is 0.0652 e. The number of benzene rings is 1. The van der Waals surface area contributed by atoms with Crippen LogP contribution in [0.3, 0.4) is 0 Å². The summed E-state index contributed by atoms with van der Waals surface area (Å²) in [4.78, 5) is 0. The monoisotopic (exact) mass is 306 g/mol. The Hall–Kier alpha value is 0.300. The highest BCUT2D eigenvalue weighted by Crippen LogP contribution is 2.38. The maximum Gasteiger partial charge on any atom is 0.0652 e. The Balaban J connectivity index is 2.73. The van der Waals surface area contributed by atoms with Gasteiger partial charge in [-0.2, -0.15) is 0 Å². The number of halogens is 2. The standard InChI is InChI=1S/C10H8BrClS2/c1-13-10-8(5-12)7-3-2-6(11)4-9(7)14-10/h2-4H,5H2,1H3. The number of thiophene rings is 1. The summed E-state index contributed by atoms with van der Waals surface area (Å²) in [7, 11) is 0. The minimum absolute atomic E-state index is 0.595. The van der Waals surface area contributed by atoms with Crippen molar-refractivity contribution in [1.82, 2.24) is 0 Å². The van der Waals surface area contributed by atoms with Crippen molar-refractivity contribution in [2.24, 2.45) is 0 Å². The number of hydrogen-bond donors (Lipinski definition) is 0. The highest BCUT2D eigenvalue weighted by atomic mass is 79.9. The lowest BCUT2D eigenvalue weighted by Crippen LogP contribution is -1.76. The molecule has 0 radical (unpaired) electrons. The van der Waals surface area contributed by atoms with Crippen LogP contribution in [-0.2, 0) is 5.88 Å². The summed E-state index contributed by atoms with van der Waals surface area (Å²) in [5, 5.41) is 1.29. The molecule has 0 saturated heterocycles. The molecule has 1 aromatic heterocycles. The van der Waals surface area contributed by atoms with Gasteiger partial charge in [0.25, 0.3) is 0 Å². The molecule has 74 valence electrons. The third kappa shape index (κ3) is 1.83. The van der Waals surface area contributed by atoms with E-state index in [0.29, 0.717) is 5.88 Å². The minimum atomic E-state index is 0.595. The van der Waals surface area contributed by atoms with Gasteiger partial charge in [0.1, 0.15) is 0 Å². The van der Waals surface area contributed by atoms with E-state index in [4.69, 9.17) is 11.6 Å². The lowest BCUT2D eigenvalue weighted by atomic mass is 10.2. The van der Waals surface area contributed by atoms with Crippen LogP contribution in [0.4, 0.5) is 0 Å². The first kappa shape index (κ1) is 10.8. The van der Waals surface area contributed by atoms with Gasteiger partial charge in [0, 0.05) is 15.1 Å². The predicted molar refractivity (Wildman–Crippen MR) is 70.9 cm³/mol. The molecule has 0 saturated carbocycles. The average molecular weight is 308 g/mol. The summed E-state index contributed by atoms with van der Waals surface area (Å²) in [5.41, 5.74) is 1.27. The van der Waals surface area contributed by atoms with Gasteiger partial charge in [-0.05, 0) is 29.3 Å². The molecule has 0 nitrogen and oxygen atoms in total. The number of alkyl halides is 1. The normalized spacial score (nSPS) is 11.1. The molecule has 0 spiro atoms. The Kier molecular flexibility index (Phi) is 3.42.